The van der Waals surface area contributed by atoms with Crippen LogP contribution >= 0.6 is 0 Å². The van der Waals surface area contributed by atoms with Crippen molar-refractivity contribution in [2.75, 3.05) is 32.1 Å². The summed E-state index contributed by atoms with van der Waals surface area (Å²) >= 11 is 0. The molecule has 0 fully saturated rings. The Bertz CT molecular complexity index is 1400. The Kier molecular flexibility index (Phi) is 11.0. The Morgan fingerprint density at radius 1 is 1.09 bits per heavy atom. The zero-order valence-electron chi connectivity index (χ0n) is 25.3. The third-order valence-corrected chi connectivity index (χ3v) is 7.84. The number of rotatable bonds is 10. The Morgan fingerprint density at radius 3 is 2.43 bits per heavy atom. The summed E-state index contributed by atoms with van der Waals surface area (Å²) < 4.78 is 44.3. The minimum atomic E-state index is -4.43. The second-order valence-corrected chi connectivity index (χ2v) is 11.6. The van der Waals surface area contributed by atoms with Crippen LogP contribution in [0.3, 0.4) is 0 Å². The molecule has 0 unspecified atom stereocenters. The van der Waals surface area contributed by atoms with E-state index in [4.69, 9.17) is 4.74 Å². The van der Waals surface area contributed by atoms with Crippen molar-refractivity contribution in [3.63, 3.8) is 0 Å². The molecule has 0 aliphatic carbocycles. The van der Waals surface area contributed by atoms with E-state index in [-0.39, 0.29) is 36.6 Å². The number of carbonyl (C=O) groups is 2. The Labute approximate surface area is 256 Å². The number of anilines is 1. The predicted molar refractivity (Wildman–Crippen MR) is 164 cm³/mol. The van der Waals surface area contributed by atoms with Gasteiger partial charge in [-0.3, -0.25) is 14.5 Å². The number of halogens is 3. The van der Waals surface area contributed by atoms with E-state index in [1.807, 2.05) is 32.2 Å². The molecule has 1 aliphatic rings. The van der Waals surface area contributed by atoms with Gasteiger partial charge in [0.25, 0.3) is 0 Å². The highest BCUT2D eigenvalue weighted by molar-refractivity contribution is 5.91. The van der Waals surface area contributed by atoms with Gasteiger partial charge in [0.2, 0.25) is 11.8 Å². The third kappa shape index (κ3) is 9.30. The smallest absolute Gasteiger partial charge is 0.389 e. The Hall–Kier alpha value is -3.89. The van der Waals surface area contributed by atoms with Crippen molar-refractivity contribution in [2.24, 2.45) is 5.92 Å². The lowest BCUT2D eigenvalue weighted by Gasteiger charge is -2.34. The number of carbonyl (C=O) groups excluding carboxylic acids is 2. The number of aliphatic hydroxyl groups is 1. The molecule has 236 valence electrons. The molecule has 2 amide bonds. The fourth-order valence-electron chi connectivity index (χ4n) is 5.32. The summed E-state index contributed by atoms with van der Waals surface area (Å²) in [5, 5.41) is 12.4. The molecular weight excluding hydrogens is 571 g/mol. The third-order valence-electron chi connectivity index (χ3n) is 7.84. The lowest BCUT2D eigenvalue weighted by atomic mass is 10.0. The van der Waals surface area contributed by atoms with Crippen molar-refractivity contribution < 1.29 is 32.6 Å². The molecule has 0 radical (unpaired) electrons. The van der Waals surface area contributed by atoms with E-state index in [0.717, 1.165) is 16.7 Å². The fourth-order valence-corrected chi connectivity index (χ4v) is 5.32. The van der Waals surface area contributed by atoms with Crippen LogP contribution in [-0.4, -0.2) is 71.8 Å². The van der Waals surface area contributed by atoms with Crippen molar-refractivity contribution in [1.82, 2.24) is 9.80 Å². The highest BCUT2D eigenvalue weighted by Crippen LogP contribution is 2.30. The molecule has 1 aliphatic heterocycles. The SMILES string of the molecule is C[C@H](CO)N1C[C@H](C)[C@H](CN(C)Cc2ccc(-c3ccccc3)cc2)Oc2ccc(NC(=O)CCC(F)(F)F)cc2CC1=O. The largest absolute Gasteiger partial charge is 0.488 e. The topological polar surface area (TPSA) is 82.1 Å². The number of nitrogens with zero attached hydrogens (tertiary/aromatic N) is 2. The molecule has 10 heteroatoms. The maximum atomic E-state index is 13.4. The Morgan fingerprint density at radius 2 is 1.77 bits per heavy atom. The molecule has 4 rings (SSSR count). The average Bonchev–Trinajstić information content (AvgIpc) is 3.03. The minimum Gasteiger partial charge on any atom is -0.488 e. The van der Waals surface area contributed by atoms with Gasteiger partial charge in [-0.1, -0.05) is 61.5 Å². The molecule has 0 spiro atoms. The standard InChI is InChI=1S/C34H40F3N3O4/c1-23-19-40(24(2)22-41)33(43)18-28-17-29(38-32(42)15-16-34(35,36)37)13-14-30(28)44-31(23)21-39(3)20-25-9-11-27(12-10-25)26-7-5-4-6-8-26/h4-14,17,23-24,31,41H,15-16,18-22H2,1-3H3,(H,38,42)/t23-,24+,31-/m0/s1. The molecule has 0 aromatic heterocycles. The summed E-state index contributed by atoms with van der Waals surface area (Å²) in [5.41, 5.74) is 4.23. The molecule has 0 saturated carbocycles. The van der Waals surface area contributed by atoms with Gasteiger partial charge in [-0.05, 0) is 48.9 Å². The molecule has 44 heavy (non-hydrogen) atoms. The van der Waals surface area contributed by atoms with Gasteiger partial charge in [-0.2, -0.15) is 13.2 Å². The van der Waals surface area contributed by atoms with E-state index in [1.54, 1.807) is 30.0 Å². The van der Waals surface area contributed by atoms with Crippen LogP contribution in [0.5, 0.6) is 5.75 Å². The van der Waals surface area contributed by atoms with Crippen molar-refractivity contribution in [1.29, 1.82) is 0 Å². The quantitative estimate of drug-likeness (QED) is 0.298. The molecular formula is C34H40F3N3O4. The van der Waals surface area contributed by atoms with E-state index in [2.05, 4.69) is 46.6 Å². The number of benzene rings is 3. The number of hydrogen-bond acceptors (Lipinski definition) is 5. The van der Waals surface area contributed by atoms with Crippen LogP contribution < -0.4 is 10.1 Å². The first-order chi connectivity index (χ1) is 20.9. The van der Waals surface area contributed by atoms with Crippen molar-refractivity contribution in [2.45, 2.75) is 58.0 Å². The number of aliphatic hydroxyl groups excluding tert-OH is 1. The first kappa shape index (κ1) is 33.0. The number of fused-ring (bicyclic) bond motifs is 1. The van der Waals surface area contributed by atoms with Crippen LogP contribution in [-0.2, 0) is 22.6 Å². The maximum Gasteiger partial charge on any atom is 0.389 e. The zero-order valence-corrected chi connectivity index (χ0v) is 25.3. The lowest BCUT2D eigenvalue weighted by Crippen LogP contribution is -2.47. The van der Waals surface area contributed by atoms with Gasteiger partial charge >= 0.3 is 6.18 Å². The summed E-state index contributed by atoms with van der Waals surface area (Å²) in [6.45, 7) is 5.18. The van der Waals surface area contributed by atoms with Crippen LogP contribution in [0.4, 0.5) is 18.9 Å². The number of alkyl halides is 3. The van der Waals surface area contributed by atoms with Gasteiger partial charge < -0.3 is 20.1 Å². The molecule has 7 nitrogen and oxygen atoms in total. The lowest BCUT2D eigenvalue weighted by molar-refractivity contribution is -0.142. The molecule has 1 heterocycles. The summed E-state index contributed by atoms with van der Waals surface area (Å²) in [6, 6.07) is 23.0. The zero-order chi connectivity index (χ0) is 31.9. The van der Waals surface area contributed by atoms with Gasteiger partial charge in [0, 0.05) is 43.2 Å². The number of nitrogens with one attached hydrogen (secondary N) is 1. The van der Waals surface area contributed by atoms with Gasteiger partial charge in [-0.25, -0.2) is 0 Å². The van der Waals surface area contributed by atoms with E-state index in [9.17, 15) is 27.9 Å². The van der Waals surface area contributed by atoms with E-state index >= 15 is 0 Å². The fraction of sp³-hybridized carbons (Fsp3) is 0.412. The summed E-state index contributed by atoms with van der Waals surface area (Å²) in [5.74, 6) is -0.597. The predicted octanol–water partition coefficient (Wildman–Crippen LogP) is 5.92. The number of amides is 2. The second-order valence-electron chi connectivity index (χ2n) is 11.6. The molecule has 0 bridgehead atoms. The molecule has 3 atom stereocenters. The van der Waals surface area contributed by atoms with Crippen LogP contribution in [0.25, 0.3) is 11.1 Å². The normalized spacial score (nSPS) is 18.1. The van der Waals surface area contributed by atoms with E-state index in [1.165, 1.54) is 0 Å². The number of hydrogen-bond donors (Lipinski definition) is 2. The van der Waals surface area contributed by atoms with Crippen LogP contribution in [0, 0.1) is 5.92 Å². The monoisotopic (exact) mass is 611 g/mol. The first-order valence-electron chi connectivity index (χ1n) is 14.8. The highest BCUT2D eigenvalue weighted by atomic mass is 19.4. The Balaban J connectivity index is 1.52. The average molecular weight is 612 g/mol. The van der Waals surface area contributed by atoms with Gasteiger partial charge in [0.15, 0.2) is 0 Å². The minimum absolute atomic E-state index is 0.0466. The molecule has 3 aromatic carbocycles. The van der Waals surface area contributed by atoms with Crippen molar-refractivity contribution >= 4 is 17.5 Å². The van der Waals surface area contributed by atoms with Crippen molar-refractivity contribution in [3.05, 3.63) is 83.9 Å². The molecule has 0 saturated heterocycles. The second kappa shape index (κ2) is 14.7. The van der Waals surface area contributed by atoms with E-state index in [0.29, 0.717) is 30.9 Å². The number of ether oxygens (including phenoxy) is 1. The maximum absolute atomic E-state index is 13.4. The number of likely N-dealkylation sites (N-methyl/N-ethyl adjacent to an activating group) is 1. The van der Waals surface area contributed by atoms with Gasteiger partial charge in [0.05, 0.1) is 25.5 Å². The summed E-state index contributed by atoms with van der Waals surface area (Å²) in [7, 11) is 2.01. The summed E-state index contributed by atoms with van der Waals surface area (Å²) in [4.78, 5) is 29.4. The van der Waals surface area contributed by atoms with Crippen molar-refractivity contribution in [3.8, 4) is 16.9 Å². The van der Waals surface area contributed by atoms with Crippen LogP contribution in [0.2, 0.25) is 0 Å². The van der Waals surface area contributed by atoms with Gasteiger partial charge in [0.1, 0.15) is 11.9 Å². The van der Waals surface area contributed by atoms with Gasteiger partial charge in [-0.15, -0.1) is 0 Å². The molecule has 3 aromatic rings. The first-order valence-corrected chi connectivity index (χ1v) is 14.8. The van der Waals surface area contributed by atoms with E-state index < -0.39 is 31.0 Å². The highest BCUT2D eigenvalue weighted by Gasteiger charge is 2.31. The summed E-state index contributed by atoms with van der Waals surface area (Å²) in [6.07, 6.45) is -6.72. The van der Waals surface area contributed by atoms with Crippen LogP contribution in [0.15, 0.2) is 72.8 Å². The molecule has 2 N–H and O–H groups in total. The van der Waals surface area contributed by atoms with Crippen LogP contribution in [0.1, 0.15) is 37.8 Å².